The Balaban J connectivity index is 1.50. The highest BCUT2D eigenvalue weighted by Gasteiger charge is 2.28. The molecule has 0 saturated carbocycles. The quantitative estimate of drug-likeness (QED) is 0.225. The lowest BCUT2D eigenvalue weighted by atomic mass is 10.0. The number of carboxylic acid groups (broad SMARTS) is 1. The number of aromatic nitrogens is 1. The number of phenols is 1. The SMILES string of the molecule is O=C(NC(Cc1c[nH]c2ccccc12)C(=O)NC(Cc1ccc(O)cc1)C(=O)O)OCc1ccccc1. The largest absolute Gasteiger partial charge is 0.508 e. The second-order valence-electron chi connectivity index (χ2n) is 8.59. The van der Waals surface area contributed by atoms with E-state index in [1.54, 1.807) is 18.3 Å². The molecule has 37 heavy (non-hydrogen) atoms. The fraction of sp³-hybridized carbons (Fsp3) is 0.179. The van der Waals surface area contributed by atoms with Gasteiger partial charge in [0.2, 0.25) is 5.91 Å². The molecule has 1 aromatic heterocycles. The molecule has 0 aliphatic carbocycles. The molecule has 5 N–H and O–H groups in total. The number of hydrogen-bond acceptors (Lipinski definition) is 5. The van der Waals surface area contributed by atoms with E-state index in [-0.39, 0.29) is 25.2 Å². The van der Waals surface area contributed by atoms with Crippen LogP contribution < -0.4 is 10.6 Å². The standard InChI is InChI=1S/C28H27N3O6/c32-21-12-10-18(11-13-21)14-25(27(34)35)30-26(33)24(15-20-16-29-23-9-5-4-8-22(20)23)31-28(36)37-17-19-6-2-1-3-7-19/h1-13,16,24-25,29,32H,14-15,17H2,(H,30,33)(H,31,36)(H,34,35). The highest BCUT2D eigenvalue weighted by Crippen LogP contribution is 2.19. The number of amides is 2. The molecule has 2 amide bonds. The first-order valence-electron chi connectivity index (χ1n) is 11.7. The zero-order valence-electron chi connectivity index (χ0n) is 19.9. The maximum atomic E-state index is 13.3. The Morgan fingerprint density at radius 3 is 2.24 bits per heavy atom. The molecule has 9 heteroatoms. The molecule has 0 fully saturated rings. The molecule has 4 aromatic rings. The minimum absolute atomic E-state index is 0.000385. The topological polar surface area (TPSA) is 141 Å². The molecule has 9 nitrogen and oxygen atoms in total. The number of rotatable bonds is 10. The van der Waals surface area contributed by atoms with Gasteiger partial charge in [-0.2, -0.15) is 0 Å². The Morgan fingerprint density at radius 1 is 0.811 bits per heavy atom. The number of para-hydroxylation sites is 1. The van der Waals surface area contributed by atoms with Crippen molar-refractivity contribution in [2.45, 2.75) is 31.5 Å². The summed E-state index contributed by atoms with van der Waals surface area (Å²) in [6.45, 7) is 0.0205. The molecule has 0 bridgehead atoms. The number of aromatic amines is 1. The molecule has 190 valence electrons. The van der Waals surface area contributed by atoms with Crippen molar-refractivity contribution in [2.24, 2.45) is 0 Å². The molecule has 2 atom stereocenters. The number of hydrogen-bond donors (Lipinski definition) is 5. The number of nitrogens with one attached hydrogen (secondary N) is 3. The van der Waals surface area contributed by atoms with Gasteiger partial charge < -0.3 is 30.6 Å². The van der Waals surface area contributed by atoms with Gasteiger partial charge in [0.05, 0.1) is 0 Å². The highest BCUT2D eigenvalue weighted by atomic mass is 16.5. The summed E-state index contributed by atoms with van der Waals surface area (Å²) in [7, 11) is 0. The summed E-state index contributed by atoms with van der Waals surface area (Å²) in [4.78, 5) is 40.9. The summed E-state index contributed by atoms with van der Waals surface area (Å²) >= 11 is 0. The van der Waals surface area contributed by atoms with Gasteiger partial charge in [0.25, 0.3) is 0 Å². The molecule has 0 radical (unpaired) electrons. The maximum Gasteiger partial charge on any atom is 0.408 e. The minimum Gasteiger partial charge on any atom is -0.508 e. The van der Waals surface area contributed by atoms with Crippen LogP contribution in [-0.4, -0.2) is 45.3 Å². The fourth-order valence-electron chi connectivity index (χ4n) is 3.98. The van der Waals surface area contributed by atoms with E-state index in [1.165, 1.54) is 12.1 Å². The average molecular weight is 502 g/mol. The number of aliphatic carboxylic acids is 1. The molecule has 0 spiro atoms. The first kappa shape index (κ1) is 25.3. The van der Waals surface area contributed by atoms with Crippen LogP contribution in [0.15, 0.2) is 85.1 Å². The third-order valence-corrected chi connectivity index (χ3v) is 5.91. The summed E-state index contributed by atoms with van der Waals surface area (Å²) in [6.07, 6.45) is 1.07. The van der Waals surface area contributed by atoms with Crippen molar-refractivity contribution in [2.75, 3.05) is 0 Å². The van der Waals surface area contributed by atoms with Gasteiger partial charge in [-0.05, 0) is 34.9 Å². The Labute approximate surface area is 213 Å². The lowest BCUT2D eigenvalue weighted by Gasteiger charge is -2.21. The van der Waals surface area contributed by atoms with E-state index in [1.807, 2.05) is 54.6 Å². The van der Waals surface area contributed by atoms with Crippen molar-refractivity contribution in [3.05, 3.63) is 102 Å². The monoisotopic (exact) mass is 501 g/mol. The smallest absolute Gasteiger partial charge is 0.408 e. The lowest BCUT2D eigenvalue weighted by Crippen LogP contribution is -2.53. The molecule has 0 saturated heterocycles. The van der Waals surface area contributed by atoms with Crippen LogP contribution in [0.4, 0.5) is 4.79 Å². The van der Waals surface area contributed by atoms with E-state index in [0.29, 0.717) is 5.56 Å². The fourth-order valence-corrected chi connectivity index (χ4v) is 3.98. The maximum absolute atomic E-state index is 13.3. The molecule has 0 aliphatic heterocycles. The molecule has 2 unspecified atom stereocenters. The first-order chi connectivity index (χ1) is 17.9. The van der Waals surface area contributed by atoms with Crippen LogP contribution >= 0.6 is 0 Å². The normalized spacial score (nSPS) is 12.4. The predicted octanol–water partition coefficient (Wildman–Crippen LogP) is 3.52. The number of phenolic OH excluding ortho intramolecular Hbond substituents is 1. The van der Waals surface area contributed by atoms with Crippen molar-refractivity contribution >= 4 is 28.9 Å². The van der Waals surface area contributed by atoms with Crippen LogP contribution in [0.3, 0.4) is 0 Å². The third kappa shape index (κ3) is 6.88. The summed E-state index contributed by atoms with van der Waals surface area (Å²) in [5.41, 5.74) is 3.06. The van der Waals surface area contributed by atoms with E-state index in [4.69, 9.17) is 4.74 Å². The van der Waals surface area contributed by atoms with Gasteiger partial charge in [-0.3, -0.25) is 4.79 Å². The number of ether oxygens (including phenoxy) is 1. The Bertz CT molecular complexity index is 1370. The summed E-state index contributed by atoms with van der Waals surface area (Å²) in [5.74, 6) is -1.83. The highest BCUT2D eigenvalue weighted by molar-refractivity contribution is 5.91. The second kappa shape index (κ2) is 11.8. The van der Waals surface area contributed by atoms with Crippen molar-refractivity contribution < 1.29 is 29.3 Å². The van der Waals surface area contributed by atoms with Crippen LogP contribution in [0.2, 0.25) is 0 Å². The summed E-state index contributed by atoms with van der Waals surface area (Å²) in [5, 5.41) is 25.2. The molecule has 4 rings (SSSR count). The van der Waals surface area contributed by atoms with Gasteiger partial charge in [0.15, 0.2) is 0 Å². The van der Waals surface area contributed by atoms with E-state index >= 15 is 0 Å². The van der Waals surface area contributed by atoms with Crippen molar-refractivity contribution in [3.63, 3.8) is 0 Å². The van der Waals surface area contributed by atoms with Gasteiger partial charge in [-0.25, -0.2) is 9.59 Å². The van der Waals surface area contributed by atoms with E-state index in [0.717, 1.165) is 22.0 Å². The van der Waals surface area contributed by atoms with Crippen molar-refractivity contribution in [3.8, 4) is 5.75 Å². The number of carboxylic acids is 1. The minimum atomic E-state index is -1.25. The number of aromatic hydroxyl groups is 1. The number of benzene rings is 3. The number of fused-ring (bicyclic) bond motifs is 1. The summed E-state index contributed by atoms with van der Waals surface area (Å²) in [6, 6.07) is 20.4. The molecule has 1 heterocycles. The summed E-state index contributed by atoms with van der Waals surface area (Å²) < 4.78 is 5.30. The Kier molecular flexibility index (Phi) is 8.05. The molecule has 0 aliphatic rings. The molecular formula is C28H27N3O6. The Hall–Kier alpha value is -4.79. The van der Waals surface area contributed by atoms with Gasteiger partial charge in [0, 0.05) is 29.9 Å². The zero-order chi connectivity index (χ0) is 26.2. The van der Waals surface area contributed by atoms with E-state index < -0.39 is 30.1 Å². The number of carbonyl (C=O) groups is 3. The van der Waals surface area contributed by atoms with Gasteiger partial charge >= 0.3 is 12.1 Å². The van der Waals surface area contributed by atoms with Crippen molar-refractivity contribution in [1.82, 2.24) is 15.6 Å². The lowest BCUT2D eigenvalue weighted by molar-refractivity contribution is -0.142. The van der Waals surface area contributed by atoms with Gasteiger partial charge in [0.1, 0.15) is 24.4 Å². The van der Waals surface area contributed by atoms with E-state index in [9.17, 15) is 24.6 Å². The van der Waals surface area contributed by atoms with Gasteiger partial charge in [-0.15, -0.1) is 0 Å². The Morgan fingerprint density at radius 2 is 1.51 bits per heavy atom. The van der Waals surface area contributed by atoms with Crippen LogP contribution in [0.25, 0.3) is 10.9 Å². The van der Waals surface area contributed by atoms with Crippen LogP contribution in [0.1, 0.15) is 16.7 Å². The van der Waals surface area contributed by atoms with E-state index in [2.05, 4.69) is 15.6 Å². The van der Waals surface area contributed by atoms with Crippen molar-refractivity contribution in [1.29, 1.82) is 0 Å². The van der Waals surface area contributed by atoms with Crippen LogP contribution in [-0.2, 0) is 33.8 Å². The van der Waals surface area contributed by atoms with Crippen LogP contribution in [0, 0.1) is 0 Å². The second-order valence-corrected chi connectivity index (χ2v) is 8.59. The first-order valence-corrected chi connectivity index (χ1v) is 11.7. The molecular weight excluding hydrogens is 474 g/mol. The predicted molar refractivity (Wildman–Crippen MR) is 137 cm³/mol. The number of carbonyl (C=O) groups excluding carboxylic acids is 2. The van der Waals surface area contributed by atoms with Gasteiger partial charge in [-0.1, -0.05) is 60.7 Å². The number of alkyl carbamates (subject to hydrolysis) is 1. The third-order valence-electron chi connectivity index (χ3n) is 5.91. The average Bonchev–Trinajstić information content (AvgIpc) is 3.31. The zero-order valence-corrected chi connectivity index (χ0v) is 19.9. The molecule has 3 aromatic carbocycles. The van der Waals surface area contributed by atoms with Crippen LogP contribution in [0.5, 0.6) is 5.75 Å². The number of H-pyrrole nitrogens is 1.